The summed E-state index contributed by atoms with van der Waals surface area (Å²) in [5, 5.41) is 2.45. The summed E-state index contributed by atoms with van der Waals surface area (Å²) in [6.07, 6.45) is 0. The Morgan fingerprint density at radius 3 is 2.32 bits per heavy atom. The van der Waals surface area contributed by atoms with Crippen molar-refractivity contribution in [1.29, 1.82) is 0 Å². The van der Waals surface area contributed by atoms with Crippen molar-refractivity contribution in [3.8, 4) is 0 Å². The molecule has 0 aliphatic heterocycles. The molecular weight excluding hydrogens is 344 g/mol. The summed E-state index contributed by atoms with van der Waals surface area (Å²) in [7, 11) is 0. The van der Waals surface area contributed by atoms with Gasteiger partial charge in [0.05, 0.1) is 26.6 Å². The maximum absolute atomic E-state index is 13.5. The van der Waals surface area contributed by atoms with Crippen LogP contribution in [-0.2, 0) is 0 Å². The number of nitrogens with one attached hydrogen (secondary N) is 1. The molecular formula is C12H7BrClF3N2. The molecule has 0 atom stereocenters. The summed E-state index contributed by atoms with van der Waals surface area (Å²) in [5.41, 5.74) is 5.88. The fourth-order valence-corrected chi connectivity index (χ4v) is 1.95. The van der Waals surface area contributed by atoms with E-state index in [9.17, 15) is 13.2 Å². The van der Waals surface area contributed by atoms with Crippen molar-refractivity contribution < 1.29 is 13.2 Å². The highest BCUT2D eigenvalue weighted by Gasteiger charge is 2.11. The number of nitrogens with two attached hydrogens (primary N) is 1. The minimum absolute atomic E-state index is 0.0401. The normalized spacial score (nSPS) is 10.6. The van der Waals surface area contributed by atoms with Crippen molar-refractivity contribution in [3.63, 3.8) is 0 Å². The minimum atomic E-state index is -0.824. The molecule has 19 heavy (non-hydrogen) atoms. The SMILES string of the molecule is Nc1cc(Cl)c(F)cc1Nc1cc(Br)c(F)cc1F. The summed E-state index contributed by atoms with van der Waals surface area (Å²) < 4.78 is 40.0. The van der Waals surface area contributed by atoms with Gasteiger partial charge in [0.15, 0.2) is 0 Å². The summed E-state index contributed by atoms with van der Waals surface area (Å²) in [5.74, 6) is -2.26. The van der Waals surface area contributed by atoms with Gasteiger partial charge < -0.3 is 11.1 Å². The zero-order valence-corrected chi connectivity index (χ0v) is 11.6. The first-order valence-electron chi connectivity index (χ1n) is 5.04. The van der Waals surface area contributed by atoms with Gasteiger partial charge in [-0.1, -0.05) is 11.6 Å². The smallest absolute Gasteiger partial charge is 0.149 e. The summed E-state index contributed by atoms with van der Waals surface area (Å²) >= 11 is 8.48. The van der Waals surface area contributed by atoms with Crippen LogP contribution in [0.4, 0.5) is 30.2 Å². The minimum Gasteiger partial charge on any atom is -0.397 e. The molecule has 0 saturated heterocycles. The standard InChI is InChI=1S/C12H7BrClF3N2/c13-5-1-11(9(17)3-7(5)15)19-12-4-8(16)6(14)2-10(12)18/h1-4,19H,18H2. The highest BCUT2D eigenvalue weighted by molar-refractivity contribution is 9.10. The van der Waals surface area contributed by atoms with Crippen molar-refractivity contribution in [3.05, 3.63) is 51.2 Å². The van der Waals surface area contributed by atoms with Gasteiger partial charge in [-0.15, -0.1) is 0 Å². The highest BCUT2D eigenvalue weighted by atomic mass is 79.9. The average Bonchev–Trinajstić information content (AvgIpc) is 2.32. The molecule has 0 aliphatic carbocycles. The molecule has 0 heterocycles. The van der Waals surface area contributed by atoms with Crippen LogP contribution in [-0.4, -0.2) is 0 Å². The topological polar surface area (TPSA) is 38.0 Å². The lowest BCUT2D eigenvalue weighted by Gasteiger charge is -2.11. The molecule has 0 aliphatic rings. The molecule has 0 fully saturated rings. The van der Waals surface area contributed by atoms with Crippen molar-refractivity contribution in [2.45, 2.75) is 0 Å². The number of hydrogen-bond acceptors (Lipinski definition) is 2. The number of nitrogen functional groups attached to an aromatic ring is 1. The average molecular weight is 352 g/mol. The van der Waals surface area contributed by atoms with Gasteiger partial charge in [0.1, 0.15) is 17.5 Å². The zero-order valence-electron chi connectivity index (χ0n) is 9.28. The molecule has 0 spiro atoms. The van der Waals surface area contributed by atoms with Gasteiger partial charge in [0.25, 0.3) is 0 Å². The Labute approximate surface area is 120 Å². The molecule has 0 radical (unpaired) electrons. The van der Waals surface area contributed by atoms with Gasteiger partial charge in [-0.3, -0.25) is 0 Å². The predicted molar refractivity (Wildman–Crippen MR) is 73.2 cm³/mol. The number of halogens is 5. The molecule has 2 aromatic rings. The van der Waals surface area contributed by atoms with Gasteiger partial charge >= 0.3 is 0 Å². The van der Waals surface area contributed by atoms with E-state index in [-0.39, 0.29) is 26.6 Å². The van der Waals surface area contributed by atoms with Crippen molar-refractivity contribution >= 4 is 44.6 Å². The van der Waals surface area contributed by atoms with Gasteiger partial charge in [0, 0.05) is 12.1 Å². The van der Waals surface area contributed by atoms with Gasteiger partial charge in [-0.05, 0) is 28.1 Å². The molecule has 2 nitrogen and oxygen atoms in total. The molecule has 0 unspecified atom stereocenters. The van der Waals surface area contributed by atoms with Crippen LogP contribution in [0, 0.1) is 17.5 Å². The highest BCUT2D eigenvalue weighted by Crippen LogP contribution is 2.31. The van der Waals surface area contributed by atoms with Crippen LogP contribution in [0.25, 0.3) is 0 Å². The van der Waals surface area contributed by atoms with E-state index in [1.165, 1.54) is 12.1 Å². The largest absolute Gasteiger partial charge is 0.397 e. The van der Waals surface area contributed by atoms with E-state index in [1.54, 1.807) is 0 Å². The summed E-state index contributed by atoms with van der Waals surface area (Å²) in [6.45, 7) is 0. The molecule has 0 bridgehead atoms. The third kappa shape index (κ3) is 2.96. The van der Waals surface area contributed by atoms with Crippen LogP contribution in [0.3, 0.4) is 0 Å². The number of hydrogen-bond donors (Lipinski definition) is 2. The number of anilines is 3. The van der Waals surface area contributed by atoms with Gasteiger partial charge in [-0.25, -0.2) is 13.2 Å². The third-order valence-electron chi connectivity index (χ3n) is 2.37. The molecule has 7 heteroatoms. The Balaban J connectivity index is 2.42. The monoisotopic (exact) mass is 350 g/mol. The first kappa shape index (κ1) is 14.0. The Hall–Kier alpha value is -1.40. The van der Waals surface area contributed by atoms with Crippen LogP contribution in [0.1, 0.15) is 0 Å². The second kappa shape index (κ2) is 5.30. The fraction of sp³-hybridized carbons (Fsp3) is 0. The zero-order chi connectivity index (χ0) is 14.2. The number of benzene rings is 2. The lowest BCUT2D eigenvalue weighted by atomic mass is 10.2. The van der Waals surface area contributed by atoms with Gasteiger partial charge in [0.2, 0.25) is 0 Å². The van der Waals surface area contributed by atoms with Crippen molar-refractivity contribution in [2.75, 3.05) is 11.1 Å². The van der Waals surface area contributed by atoms with Crippen LogP contribution in [0.15, 0.2) is 28.7 Å². The first-order valence-corrected chi connectivity index (χ1v) is 6.21. The Morgan fingerprint density at radius 2 is 1.63 bits per heavy atom. The van der Waals surface area contributed by atoms with Crippen LogP contribution in [0.2, 0.25) is 5.02 Å². The molecule has 3 N–H and O–H groups in total. The third-order valence-corrected chi connectivity index (χ3v) is 3.27. The molecule has 2 aromatic carbocycles. The molecule has 2 rings (SSSR count). The fourth-order valence-electron chi connectivity index (χ4n) is 1.43. The Bertz CT molecular complexity index is 594. The van der Waals surface area contributed by atoms with E-state index in [0.717, 1.165) is 6.07 Å². The summed E-state index contributed by atoms with van der Waals surface area (Å²) in [4.78, 5) is 0. The lowest BCUT2D eigenvalue weighted by molar-refractivity contribution is 0.581. The lowest BCUT2D eigenvalue weighted by Crippen LogP contribution is -2.00. The second-order valence-electron chi connectivity index (χ2n) is 3.72. The van der Waals surface area contributed by atoms with E-state index >= 15 is 0 Å². The number of rotatable bonds is 2. The molecule has 100 valence electrons. The Morgan fingerprint density at radius 1 is 0.947 bits per heavy atom. The molecule has 0 amide bonds. The van der Waals surface area contributed by atoms with Crippen LogP contribution >= 0.6 is 27.5 Å². The van der Waals surface area contributed by atoms with E-state index < -0.39 is 17.5 Å². The van der Waals surface area contributed by atoms with Crippen molar-refractivity contribution in [2.24, 2.45) is 0 Å². The first-order chi connectivity index (χ1) is 8.88. The molecule has 0 aromatic heterocycles. The van der Waals surface area contributed by atoms with Crippen molar-refractivity contribution in [1.82, 2.24) is 0 Å². The molecule has 0 saturated carbocycles. The van der Waals surface area contributed by atoms with Crippen LogP contribution in [0.5, 0.6) is 0 Å². The maximum Gasteiger partial charge on any atom is 0.149 e. The Kier molecular flexibility index (Phi) is 3.91. The van der Waals surface area contributed by atoms with Gasteiger partial charge in [-0.2, -0.15) is 0 Å². The van der Waals surface area contributed by atoms with E-state index in [0.29, 0.717) is 6.07 Å². The predicted octanol–water partition coefficient (Wildman–Crippen LogP) is 4.85. The second-order valence-corrected chi connectivity index (χ2v) is 4.99. The summed E-state index contributed by atoms with van der Waals surface area (Å²) in [6, 6.07) is 4.13. The van der Waals surface area contributed by atoms with E-state index in [4.69, 9.17) is 17.3 Å². The van der Waals surface area contributed by atoms with E-state index in [1.807, 2.05) is 0 Å². The maximum atomic E-state index is 13.5. The van der Waals surface area contributed by atoms with Crippen LogP contribution < -0.4 is 11.1 Å². The quantitative estimate of drug-likeness (QED) is 0.600. The van der Waals surface area contributed by atoms with E-state index in [2.05, 4.69) is 21.2 Å².